The number of ether oxygens (including phenoxy) is 1. The molecule has 1 heterocycles. The third-order valence-electron chi connectivity index (χ3n) is 6.01. The zero-order valence-corrected chi connectivity index (χ0v) is 21.9. The van der Waals surface area contributed by atoms with Gasteiger partial charge in [-0.3, -0.25) is 9.59 Å². The summed E-state index contributed by atoms with van der Waals surface area (Å²) in [4.78, 5) is 31.1. The molecule has 2 aromatic carbocycles. The number of thiophene rings is 1. The molecule has 36 heavy (non-hydrogen) atoms. The van der Waals surface area contributed by atoms with Crippen LogP contribution in [0.25, 0.3) is 0 Å². The van der Waals surface area contributed by atoms with Crippen molar-refractivity contribution in [2.24, 2.45) is 0 Å². The maximum Gasteiger partial charge on any atom is 0.254 e. The van der Waals surface area contributed by atoms with Gasteiger partial charge in [-0.05, 0) is 59.7 Å². The van der Waals surface area contributed by atoms with Crippen molar-refractivity contribution in [3.8, 4) is 0 Å². The minimum atomic E-state index is -0.317. The van der Waals surface area contributed by atoms with Gasteiger partial charge in [-0.2, -0.15) is 0 Å². The van der Waals surface area contributed by atoms with E-state index in [0.717, 1.165) is 23.3 Å². The highest BCUT2D eigenvalue weighted by Gasteiger charge is 2.23. The molecule has 5 nitrogen and oxygen atoms in total. The smallest absolute Gasteiger partial charge is 0.254 e. The zero-order valence-electron chi connectivity index (χ0n) is 21.1. The molecule has 0 aliphatic rings. The van der Waals surface area contributed by atoms with Gasteiger partial charge in [-0.15, -0.1) is 11.3 Å². The molecule has 0 aliphatic heterocycles. The highest BCUT2D eigenvalue weighted by molar-refractivity contribution is 7.09. The van der Waals surface area contributed by atoms with Crippen molar-refractivity contribution in [2.45, 2.75) is 45.7 Å². The van der Waals surface area contributed by atoms with Gasteiger partial charge in [-0.25, -0.2) is 4.39 Å². The van der Waals surface area contributed by atoms with Crippen LogP contribution in [0.5, 0.6) is 0 Å². The van der Waals surface area contributed by atoms with Gasteiger partial charge in [-0.1, -0.05) is 50.1 Å². The van der Waals surface area contributed by atoms with E-state index < -0.39 is 0 Å². The van der Waals surface area contributed by atoms with E-state index in [2.05, 4.69) is 6.92 Å². The summed E-state index contributed by atoms with van der Waals surface area (Å²) < 4.78 is 18.6. The maximum absolute atomic E-state index is 13.5. The molecule has 0 bridgehead atoms. The molecule has 0 aliphatic carbocycles. The maximum atomic E-state index is 13.5. The van der Waals surface area contributed by atoms with E-state index in [1.807, 2.05) is 41.8 Å². The fourth-order valence-corrected chi connectivity index (χ4v) is 4.65. The largest absolute Gasteiger partial charge is 0.383 e. The van der Waals surface area contributed by atoms with Crippen molar-refractivity contribution >= 4 is 23.2 Å². The number of amides is 2. The first kappa shape index (κ1) is 27.6. The molecule has 2 amide bonds. The number of benzene rings is 2. The highest BCUT2D eigenvalue weighted by atomic mass is 32.1. The second-order valence-electron chi connectivity index (χ2n) is 8.83. The first-order chi connectivity index (χ1) is 17.5. The molecule has 0 atom stereocenters. The van der Waals surface area contributed by atoms with Crippen LogP contribution >= 0.6 is 11.3 Å². The number of aryl methyl sites for hydroxylation is 1. The third-order valence-corrected chi connectivity index (χ3v) is 6.88. The summed E-state index contributed by atoms with van der Waals surface area (Å²) in [7, 11) is 1.58. The predicted octanol–water partition coefficient (Wildman–Crippen LogP) is 5.94. The van der Waals surface area contributed by atoms with Gasteiger partial charge >= 0.3 is 0 Å². The lowest BCUT2D eigenvalue weighted by Gasteiger charge is -2.27. The summed E-state index contributed by atoms with van der Waals surface area (Å²) in [6, 6.07) is 17.7. The third kappa shape index (κ3) is 8.57. The summed E-state index contributed by atoms with van der Waals surface area (Å²) >= 11 is 1.57. The van der Waals surface area contributed by atoms with E-state index in [0.29, 0.717) is 31.8 Å². The van der Waals surface area contributed by atoms with E-state index in [9.17, 15) is 14.0 Å². The number of carbonyl (C=O) groups is 2. The molecular weight excluding hydrogens is 475 g/mol. The van der Waals surface area contributed by atoms with Crippen LogP contribution < -0.4 is 0 Å². The summed E-state index contributed by atoms with van der Waals surface area (Å²) in [5.74, 6) is -0.686. The molecule has 7 heteroatoms. The Kier molecular flexibility index (Phi) is 11.1. The number of methoxy groups -OCH3 is 1. The lowest BCUT2D eigenvalue weighted by Crippen LogP contribution is -2.43. The number of rotatable bonds is 14. The molecule has 0 spiro atoms. The van der Waals surface area contributed by atoms with Crippen LogP contribution in [0.3, 0.4) is 0 Å². The van der Waals surface area contributed by atoms with Gasteiger partial charge in [0.05, 0.1) is 13.2 Å². The topological polar surface area (TPSA) is 49.9 Å². The van der Waals surface area contributed by atoms with Crippen LogP contribution in [-0.4, -0.2) is 48.4 Å². The van der Waals surface area contributed by atoms with E-state index in [1.165, 1.54) is 30.5 Å². The Bertz CT molecular complexity index is 1070. The van der Waals surface area contributed by atoms with Crippen LogP contribution in [-0.2, 0) is 29.0 Å². The molecule has 3 aromatic rings. The zero-order chi connectivity index (χ0) is 25.8. The van der Waals surface area contributed by atoms with Gasteiger partial charge in [0.15, 0.2) is 0 Å². The Morgan fingerprint density at radius 3 is 2.28 bits per heavy atom. The molecular formula is C29H35FN2O3S. The van der Waals surface area contributed by atoms with Crippen LogP contribution in [0.2, 0.25) is 0 Å². The van der Waals surface area contributed by atoms with Crippen LogP contribution in [0.15, 0.2) is 66.0 Å². The Balaban J connectivity index is 1.73. The minimum Gasteiger partial charge on any atom is -0.383 e. The van der Waals surface area contributed by atoms with Gasteiger partial charge < -0.3 is 14.5 Å². The van der Waals surface area contributed by atoms with Crippen molar-refractivity contribution in [3.05, 3.63) is 93.4 Å². The number of hydrogen-bond acceptors (Lipinski definition) is 4. The van der Waals surface area contributed by atoms with E-state index in [1.54, 1.807) is 40.4 Å². The Morgan fingerprint density at radius 1 is 0.917 bits per heavy atom. The molecule has 0 fully saturated rings. The molecule has 0 unspecified atom stereocenters. The Labute approximate surface area is 217 Å². The second-order valence-corrected chi connectivity index (χ2v) is 9.86. The van der Waals surface area contributed by atoms with E-state index >= 15 is 0 Å². The average Bonchev–Trinajstić information content (AvgIpc) is 3.41. The minimum absolute atomic E-state index is 0.0625. The SMILES string of the molecule is CCCCCc1ccc(C(=O)N(CCOC)CC(=O)N(Cc2ccc(F)cc2)Cc2cccs2)cc1. The van der Waals surface area contributed by atoms with Crippen LogP contribution in [0.4, 0.5) is 4.39 Å². The predicted molar refractivity (Wildman–Crippen MR) is 142 cm³/mol. The molecule has 0 saturated heterocycles. The van der Waals surface area contributed by atoms with Crippen molar-refractivity contribution in [2.75, 3.05) is 26.8 Å². The van der Waals surface area contributed by atoms with Crippen LogP contribution in [0.1, 0.15) is 52.5 Å². The first-order valence-electron chi connectivity index (χ1n) is 12.4. The fourth-order valence-electron chi connectivity index (χ4n) is 3.93. The number of hydrogen-bond donors (Lipinski definition) is 0. The van der Waals surface area contributed by atoms with Gasteiger partial charge in [0.2, 0.25) is 5.91 Å². The standard InChI is InChI=1S/C29H35FN2O3S/c1-3-4-5-7-23-9-13-25(14-10-23)29(34)31(17-18-35-2)22-28(33)32(21-27-8-6-19-36-27)20-24-11-15-26(30)16-12-24/h6,8-16,19H,3-5,7,17-18,20-22H2,1-2H3. The van der Waals surface area contributed by atoms with Gasteiger partial charge in [0.1, 0.15) is 12.4 Å². The quantitative estimate of drug-likeness (QED) is 0.252. The van der Waals surface area contributed by atoms with Gasteiger partial charge in [0.25, 0.3) is 5.91 Å². The van der Waals surface area contributed by atoms with Crippen molar-refractivity contribution < 1.29 is 18.7 Å². The highest BCUT2D eigenvalue weighted by Crippen LogP contribution is 2.17. The summed E-state index contributed by atoms with van der Waals surface area (Å²) in [5.41, 5.74) is 2.59. The van der Waals surface area contributed by atoms with Crippen molar-refractivity contribution in [3.63, 3.8) is 0 Å². The van der Waals surface area contributed by atoms with E-state index in [-0.39, 0.29) is 24.2 Å². The molecule has 192 valence electrons. The Hall–Kier alpha value is -3.03. The average molecular weight is 511 g/mol. The molecule has 0 radical (unpaired) electrons. The fraction of sp³-hybridized carbons (Fsp3) is 0.379. The monoisotopic (exact) mass is 510 g/mol. The van der Waals surface area contributed by atoms with Crippen LogP contribution in [0, 0.1) is 5.82 Å². The summed E-state index contributed by atoms with van der Waals surface area (Å²) in [5, 5.41) is 1.97. The van der Waals surface area contributed by atoms with Crippen molar-refractivity contribution in [1.29, 1.82) is 0 Å². The Morgan fingerprint density at radius 2 is 1.64 bits per heavy atom. The summed E-state index contributed by atoms with van der Waals surface area (Å²) in [6.07, 6.45) is 4.48. The molecule has 3 rings (SSSR count). The number of halogens is 1. The molecule has 0 saturated carbocycles. The first-order valence-corrected chi connectivity index (χ1v) is 13.3. The molecule has 0 N–H and O–H groups in total. The second kappa shape index (κ2) is 14.5. The number of carbonyl (C=O) groups excluding carboxylic acids is 2. The normalized spacial score (nSPS) is 10.9. The lowest BCUT2D eigenvalue weighted by molar-refractivity contribution is -0.133. The van der Waals surface area contributed by atoms with E-state index in [4.69, 9.17) is 4.74 Å². The van der Waals surface area contributed by atoms with Gasteiger partial charge in [0, 0.05) is 30.6 Å². The number of nitrogens with zero attached hydrogens (tertiary/aromatic N) is 2. The molecule has 1 aromatic heterocycles. The summed E-state index contributed by atoms with van der Waals surface area (Å²) in [6.45, 7) is 3.51. The van der Waals surface area contributed by atoms with Crippen molar-refractivity contribution in [1.82, 2.24) is 9.80 Å². The lowest BCUT2D eigenvalue weighted by atomic mass is 10.0. The number of unbranched alkanes of at least 4 members (excludes halogenated alkanes) is 2.